The lowest BCUT2D eigenvalue weighted by Crippen LogP contribution is -2.03. The number of ketones is 1. The van der Waals surface area contributed by atoms with Crippen molar-refractivity contribution in [3.63, 3.8) is 0 Å². The Hall–Kier alpha value is -1.65. The number of carbonyl (C=O) groups excluding carboxylic acids is 1. The molecular weight excluding hydrogens is 176 g/mol. The molecule has 0 bridgehead atoms. The van der Waals surface area contributed by atoms with Gasteiger partial charge in [-0.2, -0.15) is 0 Å². The highest BCUT2D eigenvalue weighted by Gasteiger charge is 2.02. The number of aliphatic carboxylic acids is 2. The number of hydrogen-bond acceptors (Lipinski definition) is 3. The van der Waals surface area contributed by atoms with Crippen LogP contribution in [0.4, 0.5) is 0 Å². The summed E-state index contributed by atoms with van der Waals surface area (Å²) in [5.41, 5.74) is 0. The molecule has 5 nitrogen and oxygen atoms in total. The van der Waals surface area contributed by atoms with Crippen LogP contribution in [0.25, 0.3) is 0 Å². The van der Waals surface area contributed by atoms with Crippen LogP contribution in [0, 0.1) is 0 Å². The van der Waals surface area contributed by atoms with Gasteiger partial charge in [-0.1, -0.05) is 6.08 Å². The molecule has 0 aromatic carbocycles. The quantitative estimate of drug-likeness (QED) is 0.464. The van der Waals surface area contributed by atoms with Crippen LogP contribution in [0.2, 0.25) is 0 Å². The molecule has 0 heterocycles. The van der Waals surface area contributed by atoms with Crippen LogP contribution in [0.3, 0.4) is 0 Å². The molecule has 0 aliphatic rings. The Bertz CT molecular complexity index is 241. The first kappa shape index (κ1) is 11.4. The average molecular weight is 186 g/mol. The SMILES string of the molecule is O=C(O)CC/C=C/C(=O)CC(=O)O. The Labute approximate surface area is 74.7 Å². The lowest BCUT2D eigenvalue weighted by atomic mass is 10.2. The Morgan fingerprint density at radius 3 is 2.15 bits per heavy atom. The third-order valence-electron chi connectivity index (χ3n) is 1.15. The van der Waals surface area contributed by atoms with Gasteiger partial charge in [-0.15, -0.1) is 0 Å². The highest BCUT2D eigenvalue weighted by atomic mass is 16.4. The molecule has 5 heteroatoms. The van der Waals surface area contributed by atoms with Gasteiger partial charge in [0.2, 0.25) is 0 Å². The Morgan fingerprint density at radius 1 is 1.08 bits per heavy atom. The lowest BCUT2D eigenvalue weighted by molar-refractivity contribution is -0.139. The van der Waals surface area contributed by atoms with E-state index in [1.165, 1.54) is 6.08 Å². The van der Waals surface area contributed by atoms with Crippen LogP contribution in [0.15, 0.2) is 12.2 Å². The molecule has 0 fully saturated rings. The third kappa shape index (κ3) is 8.25. The maximum absolute atomic E-state index is 10.7. The Kier molecular flexibility index (Phi) is 5.18. The van der Waals surface area contributed by atoms with Crippen molar-refractivity contribution < 1.29 is 24.6 Å². The van der Waals surface area contributed by atoms with Crippen LogP contribution in [-0.4, -0.2) is 27.9 Å². The van der Waals surface area contributed by atoms with Gasteiger partial charge < -0.3 is 10.2 Å². The smallest absolute Gasteiger partial charge is 0.311 e. The summed E-state index contributed by atoms with van der Waals surface area (Å²) in [5.74, 6) is -2.67. The molecule has 0 aromatic rings. The van der Waals surface area contributed by atoms with E-state index in [9.17, 15) is 14.4 Å². The van der Waals surface area contributed by atoms with E-state index in [0.29, 0.717) is 0 Å². The highest BCUT2D eigenvalue weighted by molar-refractivity contribution is 6.01. The van der Waals surface area contributed by atoms with Gasteiger partial charge in [-0.25, -0.2) is 0 Å². The van der Waals surface area contributed by atoms with E-state index in [4.69, 9.17) is 10.2 Å². The number of hydrogen-bond donors (Lipinski definition) is 2. The minimum absolute atomic E-state index is 0.0587. The van der Waals surface area contributed by atoms with E-state index < -0.39 is 24.1 Å². The molecule has 0 aliphatic heterocycles. The molecule has 72 valence electrons. The predicted octanol–water partition coefficient (Wildman–Crippen LogP) is 0.451. The summed E-state index contributed by atoms with van der Waals surface area (Å²) in [6.45, 7) is 0. The zero-order chi connectivity index (χ0) is 10.3. The van der Waals surface area contributed by atoms with Gasteiger partial charge in [0.15, 0.2) is 5.78 Å². The van der Waals surface area contributed by atoms with Gasteiger partial charge >= 0.3 is 11.9 Å². The van der Waals surface area contributed by atoms with Gasteiger partial charge in [0, 0.05) is 6.42 Å². The summed E-state index contributed by atoms with van der Waals surface area (Å²) in [5, 5.41) is 16.4. The van der Waals surface area contributed by atoms with Gasteiger partial charge in [0.05, 0.1) is 0 Å². The van der Waals surface area contributed by atoms with Crippen molar-refractivity contribution >= 4 is 17.7 Å². The number of allylic oxidation sites excluding steroid dienone is 2. The van der Waals surface area contributed by atoms with E-state index in [1.807, 2.05) is 0 Å². The minimum atomic E-state index is -1.19. The standard InChI is InChI=1S/C8H10O5/c9-6(5-8(12)13)3-1-2-4-7(10)11/h1,3H,2,4-5H2,(H,10,11)(H,12,13)/b3-1+. The van der Waals surface area contributed by atoms with E-state index in [1.54, 1.807) is 0 Å². The third-order valence-corrected chi connectivity index (χ3v) is 1.15. The van der Waals surface area contributed by atoms with E-state index >= 15 is 0 Å². The Morgan fingerprint density at radius 2 is 1.69 bits per heavy atom. The second kappa shape index (κ2) is 5.93. The largest absolute Gasteiger partial charge is 0.481 e. The molecule has 13 heavy (non-hydrogen) atoms. The van der Waals surface area contributed by atoms with E-state index in [0.717, 1.165) is 6.08 Å². The highest BCUT2D eigenvalue weighted by Crippen LogP contribution is 1.93. The monoisotopic (exact) mass is 186 g/mol. The first-order valence-corrected chi connectivity index (χ1v) is 3.65. The fourth-order valence-electron chi connectivity index (χ4n) is 0.630. The molecule has 0 atom stereocenters. The van der Waals surface area contributed by atoms with Crippen LogP contribution in [0.1, 0.15) is 19.3 Å². The van der Waals surface area contributed by atoms with Gasteiger partial charge in [0.25, 0.3) is 0 Å². The van der Waals surface area contributed by atoms with E-state index in [-0.39, 0.29) is 12.8 Å². The summed E-state index contributed by atoms with van der Waals surface area (Å²) in [6, 6.07) is 0. The van der Waals surface area contributed by atoms with Crippen molar-refractivity contribution in [1.82, 2.24) is 0 Å². The molecule has 0 rings (SSSR count). The fraction of sp³-hybridized carbons (Fsp3) is 0.375. The first-order valence-electron chi connectivity index (χ1n) is 3.65. The molecule has 0 saturated heterocycles. The van der Waals surface area contributed by atoms with Crippen molar-refractivity contribution in [2.24, 2.45) is 0 Å². The maximum Gasteiger partial charge on any atom is 0.311 e. The van der Waals surface area contributed by atoms with Gasteiger partial charge in [-0.3, -0.25) is 14.4 Å². The van der Waals surface area contributed by atoms with Crippen LogP contribution in [-0.2, 0) is 14.4 Å². The first-order chi connectivity index (χ1) is 6.02. The topological polar surface area (TPSA) is 91.7 Å². The van der Waals surface area contributed by atoms with E-state index in [2.05, 4.69) is 0 Å². The van der Waals surface area contributed by atoms with Crippen LogP contribution in [0.5, 0.6) is 0 Å². The summed E-state index contributed by atoms with van der Waals surface area (Å²) in [6.07, 6.45) is 2.08. The molecular formula is C8H10O5. The van der Waals surface area contributed by atoms with Crippen molar-refractivity contribution in [3.05, 3.63) is 12.2 Å². The molecule has 0 aromatic heterocycles. The van der Waals surface area contributed by atoms with Gasteiger partial charge in [-0.05, 0) is 12.5 Å². The van der Waals surface area contributed by atoms with Crippen molar-refractivity contribution in [2.45, 2.75) is 19.3 Å². The lowest BCUT2D eigenvalue weighted by Gasteiger charge is -1.88. The summed E-state index contributed by atoms with van der Waals surface area (Å²) in [4.78, 5) is 30.7. The molecule has 0 spiro atoms. The second-order valence-electron chi connectivity index (χ2n) is 2.37. The molecule has 0 unspecified atom stereocenters. The molecule has 0 amide bonds. The number of rotatable bonds is 6. The van der Waals surface area contributed by atoms with Gasteiger partial charge in [0.1, 0.15) is 6.42 Å². The summed E-state index contributed by atoms with van der Waals surface area (Å²) < 4.78 is 0. The molecule has 2 N–H and O–H groups in total. The average Bonchev–Trinajstić information content (AvgIpc) is 1.96. The second-order valence-corrected chi connectivity index (χ2v) is 2.37. The van der Waals surface area contributed by atoms with Crippen molar-refractivity contribution in [1.29, 1.82) is 0 Å². The van der Waals surface area contributed by atoms with Crippen LogP contribution >= 0.6 is 0 Å². The predicted molar refractivity (Wildman–Crippen MR) is 43.3 cm³/mol. The Balaban J connectivity index is 3.66. The fourth-order valence-corrected chi connectivity index (χ4v) is 0.630. The summed E-state index contributed by atoms with van der Waals surface area (Å²) in [7, 11) is 0. The normalized spacial score (nSPS) is 10.2. The molecule has 0 saturated carbocycles. The zero-order valence-electron chi connectivity index (χ0n) is 6.90. The maximum atomic E-state index is 10.7. The zero-order valence-corrected chi connectivity index (χ0v) is 6.90. The van der Waals surface area contributed by atoms with Crippen molar-refractivity contribution in [3.8, 4) is 0 Å². The number of carboxylic acids is 2. The minimum Gasteiger partial charge on any atom is -0.481 e. The number of carboxylic acid groups (broad SMARTS) is 2. The van der Waals surface area contributed by atoms with Crippen molar-refractivity contribution in [2.75, 3.05) is 0 Å². The molecule has 0 aliphatic carbocycles. The van der Waals surface area contributed by atoms with Crippen LogP contribution < -0.4 is 0 Å². The summed E-state index contributed by atoms with van der Waals surface area (Å²) >= 11 is 0. The number of carbonyl (C=O) groups is 3. The molecule has 0 radical (unpaired) electrons.